The summed E-state index contributed by atoms with van der Waals surface area (Å²) in [5, 5.41) is 3.41. The Morgan fingerprint density at radius 2 is 2.12 bits per heavy atom. The molecule has 94 valence electrons. The van der Waals surface area contributed by atoms with Crippen molar-refractivity contribution in [1.29, 1.82) is 0 Å². The molecular weight excluding hydrogens is 200 g/mol. The minimum absolute atomic E-state index is 0.0578. The molecule has 1 fully saturated rings. The quantitative estimate of drug-likeness (QED) is 0.795. The lowest BCUT2D eigenvalue weighted by molar-refractivity contribution is -0.134. The molecular formula is C13H26N2O. The van der Waals surface area contributed by atoms with Gasteiger partial charge in [-0.2, -0.15) is 0 Å². The topological polar surface area (TPSA) is 32.3 Å². The maximum absolute atomic E-state index is 12.3. The third kappa shape index (κ3) is 3.78. The number of nitrogens with zero attached hydrogens (tertiary/aromatic N) is 1. The van der Waals surface area contributed by atoms with Crippen LogP contribution in [-0.4, -0.2) is 36.0 Å². The Morgan fingerprint density at radius 3 is 2.62 bits per heavy atom. The summed E-state index contributed by atoms with van der Waals surface area (Å²) < 4.78 is 0. The van der Waals surface area contributed by atoms with Gasteiger partial charge in [0.05, 0.1) is 6.04 Å². The van der Waals surface area contributed by atoms with E-state index in [0.717, 1.165) is 19.5 Å². The highest BCUT2D eigenvalue weighted by atomic mass is 16.2. The molecule has 0 saturated carbocycles. The van der Waals surface area contributed by atoms with Gasteiger partial charge in [-0.25, -0.2) is 0 Å². The van der Waals surface area contributed by atoms with Gasteiger partial charge in [0.2, 0.25) is 5.91 Å². The average Bonchev–Trinajstić information content (AvgIpc) is 2.24. The van der Waals surface area contributed by atoms with E-state index in [2.05, 4.69) is 33.0 Å². The highest BCUT2D eigenvalue weighted by molar-refractivity contribution is 5.82. The summed E-state index contributed by atoms with van der Waals surface area (Å²) in [6.07, 6.45) is 3.36. The number of carbonyl (C=O) groups excluding carboxylic acids is 1. The smallest absolute Gasteiger partial charge is 0.239 e. The number of piperidine rings is 1. The Balaban J connectivity index is 2.52. The zero-order chi connectivity index (χ0) is 12.1. The fourth-order valence-electron chi connectivity index (χ4n) is 2.37. The molecule has 1 amide bonds. The van der Waals surface area contributed by atoms with E-state index in [1.807, 2.05) is 4.90 Å². The first kappa shape index (κ1) is 13.5. The SMILES string of the molecule is CCN(CC(C)C)C(=O)C1CCCC(C)N1. The fraction of sp³-hybridized carbons (Fsp3) is 0.923. The van der Waals surface area contributed by atoms with Gasteiger partial charge in [-0.05, 0) is 39.0 Å². The van der Waals surface area contributed by atoms with Crippen LogP contribution in [0.5, 0.6) is 0 Å². The van der Waals surface area contributed by atoms with Crippen molar-refractivity contribution in [2.45, 2.75) is 59.0 Å². The zero-order valence-electron chi connectivity index (χ0n) is 11.1. The van der Waals surface area contributed by atoms with Crippen LogP contribution in [0.15, 0.2) is 0 Å². The van der Waals surface area contributed by atoms with Crippen LogP contribution in [0, 0.1) is 5.92 Å². The Morgan fingerprint density at radius 1 is 1.44 bits per heavy atom. The summed E-state index contributed by atoms with van der Waals surface area (Å²) in [4.78, 5) is 14.3. The number of hydrogen-bond donors (Lipinski definition) is 1. The maximum atomic E-state index is 12.3. The Bertz CT molecular complexity index is 222. The van der Waals surface area contributed by atoms with Crippen LogP contribution in [0.2, 0.25) is 0 Å². The largest absolute Gasteiger partial charge is 0.341 e. The zero-order valence-corrected chi connectivity index (χ0v) is 11.1. The van der Waals surface area contributed by atoms with Gasteiger partial charge >= 0.3 is 0 Å². The summed E-state index contributed by atoms with van der Waals surface area (Å²) in [5.74, 6) is 0.840. The van der Waals surface area contributed by atoms with E-state index < -0.39 is 0 Å². The van der Waals surface area contributed by atoms with Crippen LogP contribution in [-0.2, 0) is 4.79 Å². The number of rotatable bonds is 4. The van der Waals surface area contributed by atoms with E-state index in [-0.39, 0.29) is 6.04 Å². The van der Waals surface area contributed by atoms with Crippen molar-refractivity contribution >= 4 is 5.91 Å². The Labute approximate surface area is 99.6 Å². The van der Waals surface area contributed by atoms with Crippen molar-refractivity contribution in [2.75, 3.05) is 13.1 Å². The molecule has 0 aliphatic carbocycles. The second-order valence-electron chi connectivity index (χ2n) is 5.32. The summed E-state index contributed by atoms with van der Waals surface area (Å²) in [6, 6.07) is 0.544. The van der Waals surface area contributed by atoms with Crippen molar-refractivity contribution in [3.8, 4) is 0 Å². The van der Waals surface area contributed by atoms with Crippen LogP contribution < -0.4 is 5.32 Å². The van der Waals surface area contributed by atoms with Crippen LogP contribution in [0.1, 0.15) is 47.0 Å². The fourth-order valence-corrected chi connectivity index (χ4v) is 2.37. The van der Waals surface area contributed by atoms with Crippen molar-refractivity contribution in [3.63, 3.8) is 0 Å². The van der Waals surface area contributed by atoms with E-state index in [9.17, 15) is 4.79 Å². The van der Waals surface area contributed by atoms with Gasteiger partial charge < -0.3 is 10.2 Å². The lowest BCUT2D eigenvalue weighted by Crippen LogP contribution is -2.52. The molecule has 1 saturated heterocycles. The molecule has 3 heteroatoms. The van der Waals surface area contributed by atoms with E-state index in [1.165, 1.54) is 12.8 Å². The molecule has 16 heavy (non-hydrogen) atoms. The van der Waals surface area contributed by atoms with Gasteiger partial charge in [0.1, 0.15) is 0 Å². The molecule has 0 radical (unpaired) electrons. The van der Waals surface area contributed by atoms with Crippen LogP contribution >= 0.6 is 0 Å². The van der Waals surface area contributed by atoms with E-state index in [4.69, 9.17) is 0 Å². The Hall–Kier alpha value is -0.570. The van der Waals surface area contributed by atoms with Gasteiger partial charge in [0.15, 0.2) is 0 Å². The molecule has 1 heterocycles. The average molecular weight is 226 g/mol. The van der Waals surface area contributed by atoms with Crippen molar-refractivity contribution < 1.29 is 4.79 Å². The minimum Gasteiger partial charge on any atom is -0.341 e. The molecule has 2 unspecified atom stereocenters. The summed E-state index contributed by atoms with van der Waals surface area (Å²) in [5.41, 5.74) is 0. The van der Waals surface area contributed by atoms with Crippen molar-refractivity contribution in [3.05, 3.63) is 0 Å². The van der Waals surface area contributed by atoms with Crippen molar-refractivity contribution in [1.82, 2.24) is 10.2 Å². The van der Waals surface area contributed by atoms with E-state index >= 15 is 0 Å². The molecule has 1 aliphatic heterocycles. The van der Waals surface area contributed by atoms with E-state index in [1.54, 1.807) is 0 Å². The second-order valence-corrected chi connectivity index (χ2v) is 5.32. The summed E-state index contributed by atoms with van der Waals surface area (Å²) in [6.45, 7) is 10.2. The van der Waals surface area contributed by atoms with Gasteiger partial charge in [0.25, 0.3) is 0 Å². The van der Waals surface area contributed by atoms with Crippen LogP contribution in [0.3, 0.4) is 0 Å². The molecule has 3 nitrogen and oxygen atoms in total. The minimum atomic E-state index is 0.0578. The number of likely N-dealkylation sites (N-methyl/N-ethyl adjacent to an activating group) is 1. The van der Waals surface area contributed by atoms with E-state index in [0.29, 0.717) is 17.9 Å². The lowest BCUT2D eigenvalue weighted by atomic mass is 9.98. The number of amides is 1. The molecule has 0 bridgehead atoms. The van der Waals surface area contributed by atoms with Crippen LogP contribution in [0.4, 0.5) is 0 Å². The van der Waals surface area contributed by atoms with Gasteiger partial charge in [-0.15, -0.1) is 0 Å². The molecule has 0 aromatic rings. The van der Waals surface area contributed by atoms with Gasteiger partial charge in [-0.1, -0.05) is 13.8 Å². The first-order chi connectivity index (χ1) is 7.54. The normalized spacial score (nSPS) is 25.8. The highest BCUT2D eigenvalue weighted by Gasteiger charge is 2.27. The predicted molar refractivity (Wildman–Crippen MR) is 67.3 cm³/mol. The molecule has 1 rings (SSSR count). The molecule has 0 aromatic heterocycles. The molecule has 1 aliphatic rings. The molecule has 0 aromatic carbocycles. The second kappa shape index (κ2) is 6.24. The van der Waals surface area contributed by atoms with Crippen LogP contribution in [0.25, 0.3) is 0 Å². The lowest BCUT2D eigenvalue weighted by Gasteiger charge is -2.33. The third-order valence-electron chi connectivity index (χ3n) is 3.19. The molecule has 2 atom stereocenters. The standard InChI is InChI=1S/C13H26N2O/c1-5-15(9-10(2)3)13(16)12-8-6-7-11(4)14-12/h10-12,14H,5-9H2,1-4H3. The number of carbonyl (C=O) groups is 1. The summed E-state index contributed by atoms with van der Waals surface area (Å²) in [7, 11) is 0. The maximum Gasteiger partial charge on any atom is 0.239 e. The Kier molecular flexibility index (Phi) is 5.26. The molecule has 1 N–H and O–H groups in total. The predicted octanol–water partition coefficient (Wildman–Crippen LogP) is 2.02. The first-order valence-corrected chi connectivity index (χ1v) is 6.59. The monoisotopic (exact) mass is 226 g/mol. The third-order valence-corrected chi connectivity index (χ3v) is 3.19. The summed E-state index contributed by atoms with van der Waals surface area (Å²) >= 11 is 0. The van der Waals surface area contributed by atoms with Gasteiger partial charge in [0, 0.05) is 19.1 Å². The number of hydrogen-bond acceptors (Lipinski definition) is 2. The van der Waals surface area contributed by atoms with Crippen molar-refractivity contribution in [2.24, 2.45) is 5.92 Å². The highest BCUT2D eigenvalue weighted by Crippen LogP contribution is 2.14. The van der Waals surface area contributed by atoms with Gasteiger partial charge in [-0.3, -0.25) is 4.79 Å². The number of nitrogens with one attached hydrogen (secondary N) is 1. The molecule has 0 spiro atoms. The first-order valence-electron chi connectivity index (χ1n) is 6.59.